The summed E-state index contributed by atoms with van der Waals surface area (Å²) in [5, 5.41) is 10.3. The van der Waals surface area contributed by atoms with Crippen molar-refractivity contribution in [2.45, 2.75) is 45.8 Å². The van der Waals surface area contributed by atoms with E-state index in [2.05, 4.69) is 6.58 Å². The Balaban J connectivity index is 4.52. The van der Waals surface area contributed by atoms with Crippen LogP contribution in [-0.2, 0) is 19.0 Å². The zero-order chi connectivity index (χ0) is 17.7. The molecule has 0 aromatic heterocycles. The van der Waals surface area contributed by atoms with Crippen LogP contribution in [0.4, 0.5) is 0 Å². The Kier molecular flexibility index (Phi) is 12.2. The van der Waals surface area contributed by atoms with E-state index in [0.29, 0.717) is 19.4 Å². The molecule has 5 heteroatoms. The molecule has 0 heterocycles. The number of carbonyl (C=O) groups is 1. The molecule has 3 atom stereocenters. The first-order chi connectivity index (χ1) is 11.0. The van der Waals surface area contributed by atoms with Crippen LogP contribution in [0.15, 0.2) is 36.5 Å². The molecule has 0 aliphatic carbocycles. The summed E-state index contributed by atoms with van der Waals surface area (Å²) in [6.45, 7) is 9.82. The summed E-state index contributed by atoms with van der Waals surface area (Å²) in [5.41, 5.74) is 0.891. The zero-order valence-electron chi connectivity index (χ0n) is 14.7. The average molecular weight is 326 g/mol. The van der Waals surface area contributed by atoms with Crippen molar-refractivity contribution < 1.29 is 24.1 Å². The van der Waals surface area contributed by atoms with Crippen LogP contribution in [-0.4, -0.2) is 43.8 Å². The second-order valence-electron chi connectivity index (χ2n) is 5.33. The first-order valence-electron chi connectivity index (χ1n) is 7.87. The van der Waals surface area contributed by atoms with Gasteiger partial charge in [0.25, 0.3) is 0 Å². The SMILES string of the molecule is C=CC[C@@H](OCOC)[C@H](C)C(O)C/C=C(C)/C=C/C(=O)OCC. The highest BCUT2D eigenvalue weighted by Gasteiger charge is 2.23. The lowest BCUT2D eigenvalue weighted by Gasteiger charge is -2.26. The van der Waals surface area contributed by atoms with Gasteiger partial charge >= 0.3 is 5.97 Å². The summed E-state index contributed by atoms with van der Waals surface area (Å²) >= 11 is 0. The molecule has 0 saturated heterocycles. The number of allylic oxidation sites excluding steroid dienone is 2. The number of aliphatic hydroxyl groups is 1. The van der Waals surface area contributed by atoms with Crippen molar-refractivity contribution in [2.75, 3.05) is 20.5 Å². The molecule has 132 valence electrons. The number of aliphatic hydroxyl groups excluding tert-OH is 1. The van der Waals surface area contributed by atoms with Crippen LogP contribution in [0.3, 0.4) is 0 Å². The van der Waals surface area contributed by atoms with E-state index in [0.717, 1.165) is 5.57 Å². The quantitative estimate of drug-likeness (QED) is 0.196. The monoisotopic (exact) mass is 326 g/mol. The van der Waals surface area contributed by atoms with Crippen molar-refractivity contribution in [2.24, 2.45) is 5.92 Å². The van der Waals surface area contributed by atoms with Gasteiger partial charge in [-0.1, -0.05) is 30.7 Å². The molecule has 0 fully saturated rings. The largest absolute Gasteiger partial charge is 0.463 e. The van der Waals surface area contributed by atoms with Crippen molar-refractivity contribution in [3.63, 3.8) is 0 Å². The van der Waals surface area contributed by atoms with E-state index < -0.39 is 6.10 Å². The number of esters is 1. The van der Waals surface area contributed by atoms with E-state index in [1.165, 1.54) is 6.08 Å². The molecule has 0 rings (SSSR count). The summed E-state index contributed by atoms with van der Waals surface area (Å²) in [6, 6.07) is 0. The number of hydrogen-bond acceptors (Lipinski definition) is 5. The maximum Gasteiger partial charge on any atom is 0.330 e. The van der Waals surface area contributed by atoms with Gasteiger partial charge in [0, 0.05) is 19.1 Å². The lowest BCUT2D eigenvalue weighted by molar-refractivity contribution is -0.137. The molecule has 0 bridgehead atoms. The lowest BCUT2D eigenvalue weighted by atomic mass is 9.93. The molecule has 0 spiro atoms. The maximum absolute atomic E-state index is 11.2. The fraction of sp³-hybridized carbons (Fsp3) is 0.611. The number of methoxy groups -OCH3 is 1. The van der Waals surface area contributed by atoms with Gasteiger partial charge < -0.3 is 19.3 Å². The molecule has 0 aromatic carbocycles. The van der Waals surface area contributed by atoms with Gasteiger partial charge in [-0.2, -0.15) is 0 Å². The number of rotatable bonds is 12. The van der Waals surface area contributed by atoms with Gasteiger partial charge in [0.1, 0.15) is 6.79 Å². The van der Waals surface area contributed by atoms with Crippen molar-refractivity contribution in [1.82, 2.24) is 0 Å². The molecule has 0 radical (unpaired) electrons. The van der Waals surface area contributed by atoms with Crippen LogP contribution >= 0.6 is 0 Å². The highest BCUT2D eigenvalue weighted by atomic mass is 16.7. The van der Waals surface area contributed by atoms with E-state index in [4.69, 9.17) is 14.2 Å². The average Bonchev–Trinajstić information content (AvgIpc) is 2.54. The summed E-state index contributed by atoms with van der Waals surface area (Å²) in [6.07, 6.45) is 7.14. The van der Waals surface area contributed by atoms with Crippen molar-refractivity contribution >= 4 is 5.97 Å². The topological polar surface area (TPSA) is 65.0 Å². The molecular formula is C18H30O5. The van der Waals surface area contributed by atoms with E-state index in [1.54, 1.807) is 26.2 Å². The summed E-state index contributed by atoms with van der Waals surface area (Å²) in [5.74, 6) is -0.436. The summed E-state index contributed by atoms with van der Waals surface area (Å²) < 4.78 is 15.3. The van der Waals surface area contributed by atoms with E-state index in [9.17, 15) is 9.90 Å². The second-order valence-corrected chi connectivity index (χ2v) is 5.33. The van der Waals surface area contributed by atoms with Gasteiger partial charge in [0.15, 0.2) is 0 Å². The predicted octanol–water partition coefficient (Wildman–Crippen LogP) is 3.00. The van der Waals surface area contributed by atoms with Crippen molar-refractivity contribution in [3.8, 4) is 0 Å². The van der Waals surface area contributed by atoms with Crippen LogP contribution in [0, 0.1) is 5.92 Å². The molecule has 0 amide bonds. The third-order valence-electron chi connectivity index (χ3n) is 3.44. The fourth-order valence-electron chi connectivity index (χ4n) is 1.98. The van der Waals surface area contributed by atoms with Crippen LogP contribution in [0.25, 0.3) is 0 Å². The maximum atomic E-state index is 11.2. The number of carbonyl (C=O) groups excluding carboxylic acids is 1. The Morgan fingerprint density at radius 2 is 2.00 bits per heavy atom. The fourth-order valence-corrected chi connectivity index (χ4v) is 1.98. The Labute approximate surface area is 139 Å². The Morgan fingerprint density at radius 3 is 2.57 bits per heavy atom. The van der Waals surface area contributed by atoms with Crippen LogP contribution in [0.2, 0.25) is 0 Å². The second kappa shape index (κ2) is 13.0. The third kappa shape index (κ3) is 10.0. The van der Waals surface area contributed by atoms with Gasteiger partial charge in [-0.25, -0.2) is 4.79 Å². The molecule has 0 aliphatic heterocycles. The normalized spacial score (nSPS) is 16.1. The first kappa shape index (κ1) is 21.6. The number of ether oxygens (including phenoxy) is 3. The lowest BCUT2D eigenvalue weighted by Crippen LogP contribution is -2.31. The molecule has 1 N–H and O–H groups in total. The minimum atomic E-state index is -0.553. The molecule has 5 nitrogen and oxygen atoms in total. The molecule has 23 heavy (non-hydrogen) atoms. The standard InChI is InChI=1S/C18H30O5/c1-6-8-17(23-13-21-5)15(4)16(19)11-9-14(3)10-12-18(20)22-7-2/h6,9-10,12,15-17,19H,1,7-8,11,13H2,2-5H3/b12-10+,14-9+/t15-,16?,17-/m1/s1. The summed E-state index contributed by atoms with van der Waals surface area (Å²) in [4.78, 5) is 11.2. The minimum Gasteiger partial charge on any atom is -0.463 e. The predicted molar refractivity (Wildman–Crippen MR) is 90.9 cm³/mol. The summed E-state index contributed by atoms with van der Waals surface area (Å²) in [7, 11) is 1.56. The molecule has 0 aliphatic rings. The Morgan fingerprint density at radius 1 is 1.30 bits per heavy atom. The minimum absolute atomic E-state index is 0.0683. The zero-order valence-corrected chi connectivity index (χ0v) is 14.7. The van der Waals surface area contributed by atoms with E-state index >= 15 is 0 Å². The van der Waals surface area contributed by atoms with Gasteiger partial charge in [-0.15, -0.1) is 6.58 Å². The van der Waals surface area contributed by atoms with Crippen LogP contribution in [0.5, 0.6) is 0 Å². The van der Waals surface area contributed by atoms with Crippen LogP contribution < -0.4 is 0 Å². The Hall–Kier alpha value is -1.43. The molecule has 1 unspecified atom stereocenters. The van der Waals surface area contributed by atoms with E-state index in [1.807, 2.05) is 19.9 Å². The van der Waals surface area contributed by atoms with Gasteiger partial charge in [-0.3, -0.25) is 0 Å². The van der Waals surface area contributed by atoms with Crippen molar-refractivity contribution in [3.05, 3.63) is 36.5 Å². The highest BCUT2D eigenvalue weighted by Crippen LogP contribution is 2.19. The van der Waals surface area contributed by atoms with Gasteiger partial charge in [0.2, 0.25) is 0 Å². The first-order valence-corrected chi connectivity index (χ1v) is 7.87. The van der Waals surface area contributed by atoms with Crippen LogP contribution in [0.1, 0.15) is 33.6 Å². The van der Waals surface area contributed by atoms with Gasteiger partial charge in [-0.05, 0) is 26.7 Å². The van der Waals surface area contributed by atoms with E-state index in [-0.39, 0.29) is 24.8 Å². The third-order valence-corrected chi connectivity index (χ3v) is 3.44. The highest BCUT2D eigenvalue weighted by molar-refractivity contribution is 5.82. The Bertz CT molecular complexity index is 400. The molecule has 0 aromatic rings. The van der Waals surface area contributed by atoms with Crippen molar-refractivity contribution in [1.29, 1.82) is 0 Å². The molecule has 0 saturated carbocycles. The van der Waals surface area contributed by atoms with Gasteiger partial charge in [0.05, 0.1) is 18.8 Å². The molecular weight excluding hydrogens is 296 g/mol. The smallest absolute Gasteiger partial charge is 0.330 e. The number of hydrogen-bond donors (Lipinski definition) is 1.